The zero-order valence-electron chi connectivity index (χ0n) is 11.4. The number of fused-ring (bicyclic) bond motifs is 1. The number of rotatable bonds is 4. The molecule has 2 aromatic carbocycles. The van der Waals surface area contributed by atoms with Crippen molar-refractivity contribution in [2.24, 2.45) is 0 Å². The third kappa shape index (κ3) is 2.71. The minimum atomic E-state index is -4.32. The summed E-state index contributed by atoms with van der Waals surface area (Å²) in [5, 5.41) is 11.1. The van der Waals surface area contributed by atoms with Crippen molar-refractivity contribution in [3.63, 3.8) is 0 Å². The summed E-state index contributed by atoms with van der Waals surface area (Å²) < 4.78 is 31.3. The van der Waals surface area contributed by atoms with E-state index in [1.165, 1.54) is 6.07 Å². The Balaban J connectivity index is 2.63. The van der Waals surface area contributed by atoms with Crippen molar-refractivity contribution in [3.05, 3.63) is 30.3 Å². The molecule has 0 atom stereocenters. The monoisotopic (exact) mass is 295 g/mol. The molecule has 0 unspecified atom stereocenters. The molecule has 0 heterocycles. The molecule has 2 rings (SSSR count). The highest BCUT2D eigenvalue weighted by atomic mass is 32.2. The maximum absolute atomic E-state index is 11.1. The predicted octanol–water partition coefficient (Wildman–Crippen LogP) is 2.64. The lowest BCUT2D eigenvalue weighted by Gasteiger charge is -2.21. The van der Waals surface area contributed by atoms with E-state index in [1.807, 2.05) is 26.0 Å². The van der Waals surface area contributed by atoms with Crippen molar-refractivity contribution < 1.29 is 18.1 Å². The molecule has 0 fully saturated rings. The summed E-state index contributed by atoms with van der Waals surface area (Å²) in [4.78, 5) is 1.81. The van der Waals surface area contributed by atoms with Crippen molar-refractivity contribution >= 4 is 26.6 Å². The third-order valence-corrected chi connectivity index (χ3v) is 4.15. The first kappa shape index (κ1) is 14.6. The number of benzene rings is 2. The van der Waals surface area contributed by atoms with Crippen LogP contribution in [0.4, 0.5) is 5.69 Å². The summed E-state index contributed by atoms with van der Waals surface area (Å²) in [6, 6.07) is 7.81. The van der Waals surface area contributed by atoms with E-state index in [0.29, 0.717) is 10.8 Å². The molecule has 2 aromatic rings. The summed E-state index contributed by atoms with van der Waals surface area (Å²) in [7, 11) is -4.32. The second-order valence-electron chi connectivity index (χ2n) is 4.50. The fraction of sp³-hybridized carbons (Fsp3) is 0.286. The van der Waals surface area contributed by atoms with Gasteiger partial charge in [-0.15, -0.1) is 0 Å². The molecule has 0 bridgehead atoms. The number of phenols is 1. The van der Waals surface area contributed by atoms with E-state index >= 15 is 0 Å². The Morgan fingerprint density at radius 2 is 1.75 bits per heavy atom. The predicted molar refractivity (Wildman–Crippen MR) is 79.0 cm³/mol. The molecule has 20 heavy (non-hydrogen) atoms. The summed E-state index contributed by atoms with van der Waals surface area (Å²) >= 11 is 0. The number of anilines is 1. The molecule has 0 aliphatic heterocycles. The van der Waals surface area contributed by atoms with Crippen LogP contribution in [0.3, 0.4) is 0 Å². The Hall–Kier alpha value is -1.79. The summed E-state index contributed by atoms with van der Waals surface area (Å²) in [6.07, 6.45) is 0. The minimum absolute atomic E-state index is 0.163. The van der Waals surface area contributed by atoms with Gasteiger partial charge in [0.25, 0.3) is 10.1 Å². The first-order valence-electron chi connectivity index (χ1n) is 6.36. The zero-order valence-corrected chi connectivity index (χ0v) is 12.2. The van der Waals surface area contributed by atoms with Crippen LogP contribution in [0.15, 0.2) is 35.2 Å². The van der Waals surface area contributed by atoms with Gasteiger partial charge in [-0.3, -0.25) is 4.55 Å². The molecule has 0 radical (unpaired) electrons. The number of hydrogen-bond acceptors (Lipinski definition) is 4. The van der Waals surface area contributed by atoms with Crippen molar-refractivity contribution in [2.45, 2.75) is 18.7 Å². The van der Waals surface area contributed by atoms with Gasteiger partial charge in [0.05, 0.1) is 4.90 Å². The standard InChI is InChI=1S/C14H17NO4S/c1-3-15(4-2)11-6-5-10-7-12(20(17,18)19)9-14(16)13(10)8-11/h5-9,16H,3-4H2,1-2H3,(H,17,18,19). The average Bonchev–Trinajstić information content (AvgIpc) is 2.39. The van der Waals surface area contributed by atoms with E-state index in [-0.39, 0.29) is 10.6 Å². The van der Waals surface area contributed by atoms with Gasteiger partial charge in [-0.25, -0.2) is 0 Å². The van der Waals surface area contributed by atoms with E-state index in [2.05, 4.69) is 4.90 Å². The van der Waals surface area contributed by atoms with Crippen LogP contribution >= 0.6 is 0 Å². The lowest BCUT2D eigenvalue weighted by Crippen LogP contribution is -2.21. The van der Waals surface area contributed by atoms with Gasteiger partial charge < -0.3 is 10.0 Å². The number of nitrogens with zero attached hydrogens (tertiary/aromatic N) is 1. The van der Waals surface area contributed by atoms with Crippen LogP contribution < -0.4 is 4.90 Å². The molecule has 0 aliphatic rings. The Labute approximate surface area is 118 Å². The van der Waals surface area contributed by atoms with Gasteiger partial charge >= 0.3 is 0 Å². The van der Waals surface area contributed by atoms with Crippen LogP contribution in [-0.4, -0.2) is 31.2 Å². The number of phenolic OH excluding ortho intramolecular Hbond substituents is 1. The molecule has 108 valence electrons. The molecule has 0 saturated carbocycles. The van der Waals surface area contributed by atoms with Crippen LogP contribution in [-0.2, 0) is 10.1 Å². The largest absolute Gasteiger partial charge is 0.507 e. The van der Waals surface area contributed by atoms with E-state index in [9.17, 15) is 13.5 Å². The van der Waals surface area contributed by atoms with Crippen molar-refractivity contribution in [1.82, 2.24) is 0 Å². The van der Waals surface area contributed by atoms with E-state index < -0.39 is 10.1 Å². The van der Waals surface area contributed by atoms with Crippen LogP contribution in [0.1, 0.15) is 13.8 Å². The van der Waals surface area contributed by atoms with Crippen molar-refractivity contribution in [2.75, 3.05) is 18.0 Å². The number of aromatic hydroxyl groups is 1. The van der Waals surface area contributed by atoms with Crippen molar-refractivity contribution in [3.8, 4) is 5.75 Å². The Morgan fingerprint density at radius 3 is 2.30 bits per heavy atom. The van der Waals surface area contributed by atoms with Gasteiger partial charge in [0.15, 0.2) is 0 Å². The maximum atomic E-state index is 11.1. The molecule has 6 heteroatoms. The zero-order chi connectivity index (χ0) is 14.9. The summed E-state index contributed by atoms with van der Waals surface area (Å²) in [6.45, 7) is 5.75. The lowest BCUT2D eigenvalue weighted by atomic mass is 10.1. The molecule has 5 nitrogen and oxygen atoms in total. The van der Waals surface area contributed by atoms with E-state index in [1.54, 1.807) is 6.07 Å². The van der Waals surface area contributed by atoms with Gasteiger partial charge in [0.1, 0.15) is 5.75 Å². The molecule has 0 amide bonds. The second kappa shape index (κ2) is 5.30. The van der Waals surface area contributed by atoms with Gasteiger partial charge in [0.2, 0.25) is 0 Å². The van der Waals surface area contributed by atoms with Crippen LogP contribution in [0.5, 0.6) is 5.75 Å². The maximum Gasteiger partial charge on any atom is 0.294 e. The minimum Gasteiger partial charge on any atom is -0.507 e. The first-order chi connectivity index (χ1) is 9.36. The highest BCUT2D eigenvalue weighted by Crippen LogP contribution is 2.31. The highest BCUT2D eigenvalue weighted by Gasteiger charge is 2.14. The van der Waals surface area contributed by atoms with E-state index in [0.717, 1.165) is 24.8 Å². The highest BCUT2D eigenvalue weighted by molar-refractivity contribution is 7.85. The molecule has 0 saturated heterocycles. The normalized spacial score (nSPS) is 11.8. The lowest BCUT2D eigenvalue weighted by molar-refractivity contribution is 0.471. The average molecular weight is 295 g/mol. The molecule has 0 spiro atoms. The fourth-order valence-corrected chi connectivity index (χ4v) is 2.77. The van der Waals surface area contributed by atoms with E-state index in [4.69, 9.17) is 4.55 Å². The fourth-order valence-electron chi connectivity index (χ4n) is 2.23. The van der Waals surface area contributed by atoms with Crippen LogP contribution in [0, 0.1) is 0 Å². The third-order valence-electron chi connectivity index (χ3n) is 3.32. The molecular formula is C14H17NO4S. The molecule has 0 aromatic heterocycles. The quantitative estimate of drug-likeness (QED) is 0.848. The summed E-state index contributed by atoms with van der Waals surface area (Å²) in [5.74, 6) is -0.163. The summed E-state index contributed by atoms with van der Waals surface area (Å²) in [5.41, 5.74) is 0.956. The SMILES string of the molecule is CCN(CC)c1ccc2cc(S(=O)(=O)O)cc(O)c2c1. The Kier molecular flexibility index (Phi) is 3.87. The number of hydrogen-bond donors (Lipinski definition) is 2. The van der Waals surface area contributed by atoms with Crippen LogP contribution in [0.25, 0.3) is 10.8 Å². The Morgan fingerprint density at radius 1 is 1.10 bits per heavy atom. The van der Waals surface area contributed by atoms with Gasteiger partial charge in [-0.2, -0.15) is 8.42 Å². The van der Waals surface area contributed by atoms with Crippen LogP contribution in [0.2, 0.25) is 0 Å². The molecule has 2 N–H and O–H groups in total. The smallest absolute Gasteiger partial charge is 0.294 e. The first-order valence-corrected chi connectivity index (χ1v) is 7.80. The second-order valence-corrected chi connectivity index (χ2v) is 5.92. The molecular weight excluding hydrogens is 278 g/mol. The molecule has 0 aliphatic carbocycles. The van der Waals surface area contributed by atoms with Gasteiger partial charge in [0, 0.05) is 30.2 Å². The van der Waals surface area contributed by atoms with Gasteiger partial charge in [-0.05, 0) is 37.4 Å². The Bertz CT molecular complexity index is 736. The van der Waals surface area contributed by atoms with Gasteiger partial charge in [-0.1, -0.05) is 6.07 Å². The topological polar surface area (TPSA) is 77.8 Å². The van der Waals surface area contributed by atoms with Crippen molar-refractivity contribution in [1.29, 1.82) is 0 Å².